The number of ether oxygens (including phenoxy) is 8. The predicted molar refractivity (Wildman–Crippen MR) is 123 cm³/mol. The molecule has 0 saturated carbocycles. The summed E-state index contributed by atoms with van der Waals surface area (Å²) in [7, 11) is 1.66. The second-order valence-electron chi connectivity index (χ2n) is 10.8. The number of rotatable bonds is 7. The fourth-order valence-electron chi connectivity index (χ4n) is 7.02. The zero-order valence-corrected chi connectivity index (χ0v) is 20.7. The van der Waals surface area contributed by atoms with Crippen LogP contribution in [0.4, 0.5) is 0 Å². The van der Waals surface area contributed by atoms with Crippen LogP contribution in [-0.4, -0.2) is 67.5 Å². The van der Waals surface area contributed by atoms with Crippen LogP contribution in [0.15, 0.2) is 24.3 Å². The first-order valence-corrected chi connectivity index (χ1v) is 13.4. The molecule has 8 heteroatoms. The fourth-order valence-corrected chi connectivity index (χ4v) is 7.02. The molecule has 0 aliphatic carbocycles. The van der Waals surface area contributed by atoms with Crippen molar-refractivity contribution >= 4 is 0 Å². The van der Waals surface area contributed by atoms with E-state index in [2.05, 4.69) is 13.8 Å². The van der Waals surface area contributed by atoms with Gasteiger partial charge in [-0.15, -0.1) is 0 Å². The van der Waals surface area contributed by atoms with E-state index in [1.54, 1.807) is 7.11 Å². The topological polar surface area (TPSA) is 73.8 Å². The van der Waals surface area contributed by atoms with Gasteiger partial charge in [-0.1, -0.05) is 38.8 Å². The van der Waals surface area contributed by atoms with Gasteiger partial charge in [0.25, 0.3) is 0 Å². The molecule has 0 aromatic heterocycles. The highest BCUT2D eigenvalue weighted by atomic mass is 16.9. The van der Waals surface area contributed by atoms with Gasteiger partial charge in [-0.25, -0.2) is 0 Å². The summed E-state index contributed by atoms with van der Waals surface area (Å²) in [6.07, 6.45) is 4.54. The maximum Gasteiger partial charge on any atom is 0.233 e. The summed E-state index contributed by atoms with van der Waals surface area (Å²) >= 11 is 0. The smallest absolute Gasteiger partial charge is 0.233 e. The number of unbranched alkanes of at least 4 members (excludes halogenated alkanes) is 2. The fraction of sp³-hybridized carbons (Fsp3) is 0.778. The van der Waals surface area contributed by atoms with Crippen molar-refractivity contribution in [1.82, 2.24) is 0 Å². The molecule has 7 fully saturated rings. The van der Waals surface area contributed by atoms with E-state index in [0.29, 0.717) is 0 Å². The summed E-state index contributed by atoms with van der Waals surface area (Å²) in [5.74, 6) is -1.22. The normalized spacial score (nSPS) is 49.1. The number of fused-ring (bicyclic) bond motifs is 1. The molecule has 8 rings (SSSR count). The van der Waals surface area contributed by atoms with Gasteiger partial charge in [0.2, 0.25) is 11.6 Å². The van der Waals surface area contributed by atoms with Crippen LogP contribution in [0.1, 0.15) is 70.6 Å². The van der Waals surface area contributed by atoms with Crippen molar-refractivity contribution in [3.63, 3.8) is 0 Å². The molecule has 11 unspecified atom stereocenters. The summed E-state index contributed by atoms with van der Waals surface area (Å²) in [6.45, 7) is 4.37. The molecule has 192 valence electrons. The maximum absolute atomic E-state index is 6.98. The molecule has 8 nitrogen and oxygen atoms in total. The first-order valence-electron chi connectivity index (χ1n) is 13.4. The van der Waals surface area contributed by atoms with Crippen LogP contribution in [-0.2, 0) is 33.2 Å². The lowest BCUT2D eigenvalue weighted by molar-refractivity contribution is -0.328. The van der Waals surface area contributed by atoms with Crippen LogP contribution in [0.5, 0.6) is 5.75 Å². The molecule has 7 heterocycles. The zero-order chi connectivity index (χ0) is 23.8. The van der Waals surface area contributed by atoms with Gasteiger partial charge < -0.3 is 37.9 Å². The largest absolute Gasteiger partial charge is 0.497 e. The van der Waals surface area contributed by atoms with Crippen LogP contribution in [0.25, 0.3) is 0 Å². The molecular weight excluding hydrogens is 452 g/mol. The summed E-state index contributed by atoms with van der Waals surface area (Å²) < 4.78 is 52.3. The van der Waals surface area contributed by atoms with E-state index >= 15 is 0 Å². The SMILES string of the molecule is CCCCCC12OC3C4OC(CC)CCC4OC4C3OC3(OC(c5ccc(OC)cc5)OC13)C4O2. The molecule has 1 spiro atoms. The predicted octanol–water partition coefficient (Wildman–Crippen LogP) is 4.00. The highest BCUT2D eigenvalue weighted by molar-refractivity contribution is 5.29. The number of benzene rings is 1. The molecular formula is C27H36O8. The van der Waals surface area contributed by atoms with E-state index in [9.17, 15) is 0 Å². The molecule has 7 aliphatic heterocycles. The molecule has 35 heavy (non-hydrogen) atoms. The zero-order valence-electron chi connectivity index (χ0n) is 20.7. The van der Waals surface area contributed by atoms with E-state index in [-0.39, 0.29) is 36.6 Å². The van der Waals surface area contributed by atoms with Crippen molar-refractivity contribution in [2.24, 2.45) is 0 Å². The van der Waals surface area contributed by atoms with Crippen LogP contribution in [0, 0.1) is 0 Å². The Balaban J connectivity index is 1.25. The Morgan fingerprint density at radius 3 is 2.46 bits per heavy atom. The van der Waals surface area contributed by atoms with Gasteiger partial charge in [0.15, 0.2) is 12.4 Å². The second-order valence-corrected chi connectivity index (χ2v) is 10.8. The van der Waals surface area contributed by atoms with Crippen molar-refractivity contribution in [1.29, 1.82) is 0 Å². The summed E-state index contributed by atoms with van der Waals surface area (Å²) in [5.41, 5.74) is 0.912. The van der Waals surface area contributed by atoms with Crippen molar-refractivity contribution in [3.8, 4) is 5.75 Å². The van der Waals surface area contributed by atoms with Gasteiger partial charge >= 0.3 is 0 Å². The van der Waals surface area contributed by atoms with Crippen LogP contribution in [0.2, 0.25) is 0 Å². The Bertz CT molecular complexity index is 940. The maximum atomic E-state index is 6.98. The van der Waals surface area contributed by atoms with Gasteiger partial charge in [0.05, 0.1) is 19.3 Å². The van der Waals surface area contributed by atoms with E-state index in [0.717, 1.165) is 56.3 Å². The Labute approximate surface area is 206 Å². The minimum absolute atomic E-state index is 0.0170. The average molecular weight is 489 g/mol. The third-order valence-electron chi connectivity index (χ3n) is 8.76. The van der Waals surface area contributed by atoms with Crippen LogP contribution < -0.4 is 4.74 Å². The van der Waals surface area contributed by atoms with Crippen LogP contribution >= 0.6 is 0 Å². The van der Waals surface area contributed by atoms with Crippen molar-refractivity contribution < 1.29 is 37.9 Å². The van der Waals surface area contributed by atoms with Gasteiger partial charge in [-0.2, -0.15) is 0 Å². The molecule has 0 radical (unpaired) electrons. The van der Waals surface area contributed by atoms with E-state index in [1.807, 2.05) is 24.3 Å². The Hall–Kier alpha value is -1.26. The second kappa shape index (κ2) is 8.38. The lowest BCUT2D eigenvalue weighted by atomic mass is 9.86. The monoisotopic (exact) mass is 488 g/mol. The molecule has 0 amide bonds. The highest BCUT2D eigenvalue weighted by Gasteiger charge is 2.83. The van der Waals surface area contributed by atoms with Gasteiger partial charge in [0.1, 0.15) is 36.3 Å². The van der Waals surface area contributed by atoms with E-state index < -0.39 is 30.1 Å². The van der Waals surface area contributed by atoms with Gasteiger partial charge in [0, 0.05) is 12.0 Å². The minimum atomic E-state index is -1.06. The average Bonchev–Trinajstić information content (AvgIpc) is 3.44. The standard InChI is InChI=1S/C27H36O8/c1-4-6-7-14-26-25-27(35-24(31-25)15-8-10-17(28-3)11-9-15)23(34-26)22-21(33-27)20(32-26)19-18(30-22)13-12-16(5-2)29-19/h8-11,16,18-25H,4-7,12-14H2,1-3H3. The van der Waals surface area contributed by atoms with Crippen molar-refractivity contribution in [2.75, 3.05) is 7.11 Å². The molecule has 7 saturated heterocycles. The number of hydrogen-bond acceptors (Lipinski definition) is 8. The number of methoxy groups -OCH3 is 1. The Kier molecular flexibility index (Phi) is 5.48. The molecule has 1 aromatic carbocycles. The highest BCUT2D eigenvalue weighted by Crippen LogP contribution is 2.64. The van der Waals surface area contributed by atoms with Gasteiger partial charge in [-0.05, 0) is 37.8 Å². The first kappa shape index (κ1) is 22.9. The summed E-state index contributed by atoms with van der Waals surface area (Å²) in [6, 6.07) is 7.77. The third-order valence-corrected chi connectivity index (χ3v) is 8.76. The van der Waals surface area contributed by atoms with E-state index in [1.165, 1.54) is 0 Å². The summed E-state index contributed by atoms with van der Waals surface area (Å²) in [5, 5.41) is 0. The quantitative estimate of drug-likeness (QED) is 0.533. The van der Waals surface area contributed by atoms with Crippen molar-refractivity contribution in [3.05, 3.63) is 29.8 Å². The molecule has 7 aliphatic rings. The van der Waals surface area contributed by atoms with E-state index in [4.69, 9.17) is 37.9 Å². The van der Waals surface area contributed by atoms with Crippen molar-refractivity contribution in [2.45, 2.75) is 125 Å². The lowest BCUT2D eigenvalue weighted by Crippen LogP contribution is -2.62. The van der Waals surface area contributed by atoms with Gasteiger partial charge in [-0.3, -0.25) is 0 Å². The molecule has 6 bridgehead atoms. The first-order chi connectivity index (χ1) is 17.1. The van der Waals surface area contributed by atoms with Crippen LogP contribution in [0.3, 0.4) is 0 Å². The minimum Gasteiger partial charge on any atom is -0.497 e. The Morgan fingerprint density at radius 2 is 1.69 bits per heavy atom. The molecule has 1 aromatic rings. The lowest BCUT2D eigenvalue weighted by Gasteiger charge is -2.47. The molecule has 11 atom stereocenters. The Morgan fingerprint density at radius 1 is 0.857 bits per heavy atom. The third kappa shape index (κ3) is 3.24. The summed E-state index contributed by atoms with van der Waals surface area (Å²) in [4.78, 5) is 0. The number of hydrogen-bond donors (Lipinski definition) is 0. The molecule has 0 N–H and O–H groups in total.